The fourth-order valence-electron chi connectivity index (χ4n) is 1.27. The van der Waals surface area contributed by atoms with Gasteiger partial charge in [0.05, 0.1) is 13.0 Å². The Morgan fingerprint density at radius 3 is 2.56 bits per heavy atom. The van der Waals surface area contributed by atoms with E-state index in [4.69, 9.17) is 0 Å². The molecule has 0 aromatic carbocycles. The van der Waals surface area contributed by atoms with Crippen molar-refractivity contribution in [2.75, 3.05) is 18.7 Å². The van der Waals surface area contributed by atoms with Crippen LogP contribution in [0.15, 0.2) is 0 Å². The minimum Gasteiger partial charge on any atom is -0.467 e. The fraction of sp³-hybridized carbons (Fsp3) is 0.800. The zero-order valence-corrected chi connectivity index (χ0v) is 11.6. The smallest absolute Gasteiger partial charge is 0.329 e. The number of ether oxygens (including phenoxy) is 1. The van der Waals surface area contributed by atoms with Gasteiger partial charge in [-0.15, -0.1) is 11.8 Å². The van der Waals surface area contributed by atoms with E-state index in [9.17, 15) is 9.59 Å². The molecule has 16 heavy (non-hydrogen) atoms. The van der Waals surface area contributed by atoms with Crippen molar-refractivity contribution in [3.63, 3.8) is 0 Å². The lowest BCUT2D eigenvalue weighted by atomic mass is 10.3. The van der Waals surface area contributed by atoms with Crippen molar-refractivity contribution >= 4 is 34.7 Å². The number of esters is 1. The molecule has 0 aromatic heterocycles. The number of thioether (sulfide) groups is 2. The largest absolute Gasteiger partial charge is 0.467 e. The maximum atomic E-state index is 12.0. The molecule has 1 heterocycles. The molecular formula is C10H17NO3S2. The highest BCUT2D eigenvalue weighted by molar-refractivity contribution is 8.14. The Kier molecular flexibility index (Phi) is 4.55. The minimum absolute atomic E-state index is 0.0482. The summed E-state index contributed by atoms with van der Waals surface area (Å²) in [6, 6.07) is -0.419. The van der Waals surface area contributed by atoms with Gasteiger partial charge in [-0.05, 0) is 0 Å². The van der Waals surface area contributed by atoms with Crippen molar-refractivity contribution in [3.8, 4) is 0 Å². The van der Waals surface area contributed by atoms with Crippen molar-refractivity contribution in [2.24, 2.45) is 0 Å². The second kappa shape index (κ2) is 5.31. The van der Waals surface area contributed by atoms with Crippen LogP contribution in [-0.4, -0.2) is 45.6 Å². The third-order valence-electron chi connectivity index (χ3n) is 1.98. The van der Waals surface area contributed by atoms with Crippen molar-refractivity contribution < 1.29 is 14.3 Å². The van der Waals surface area contributed by atoms with Crippen LogP contribution in [-0.2, 0) is 9.53 Å². The van der Waals surface area contributed by atoms with Crippen molar-refractivity contribution in [2.45, 2.75) is 31.6 Å². The summed E-state index contributed by atoms with van der Waals surface area (Å²) in [6.45, 7) is 5.93. The summed E-state index contributed by atoms with van der Waals surface area (Å²) in [5.41, 5.74) is 0. The van der Waals surface area contributed by atoms with E-state index >= 15 is 0 Å². The van der Waals surface area contributed by atoms with E-state index < -0.39 is 6.04 Å². The molecule has 6 heteroatoms. The zero-order chi connectivity index (χ0) is 12.3. The summed E-state index contributed by atoms with van der Waals surface area (Å²) in [5.74, 6) is 0.873. The third-order valence-corrected chi connectivity index (χ3v) is 4.02. The number of rotatable bonds is 1. The van der Waals surface area contributed by atoms with E-state index in [0.29, 0.717) is 11.6 Å². The number of amides is 1. The van der Waals surface area contributed by atoms with E-state index in [2.05, 4.69) is 4.74 Å². The van der Waals surface area contributed by atoms with Crippen LogP contribution < -0.4 is 0 Å². The van der Waals surface area contributed by atoms with Gasteiger partial charge in [0.1, 0.15) is 6.04 Å². The molecule has 1 atom stereocenters. The van der Waals surface area contributed by atoms with Gasteiger partial charge in [-0.3, -0.25) is 4.79 Å². The van der Waals surface area contributed by atoms with E-state index in [1.165, 1.54) is 18.9 Å². The van der Waals surface area contributed by atoms with Crippen LogP contribution in [0.5, 0.6) is 0 Å². The van der Waals surface area contributed by atoms with Crippen molar-refractivity contribution in [3.05, 3.63) is 0 Å². The summed E-state index contributed by atoms with van der Waals surface area (Å²) < 4.78 is 4.56. The van der Waals surface area contributed by atoms with Gasteiger partial charge in [-0.1, -0.05) is 32.5 Å². The Morgan fingerprint density at radius 1 is 1.44 bits per heavy atom. The Hall–Kier alpha value is -0.360. The monoisotopic (exact) mass is 263 g/mol. The number of hydrogen-bond acceptors (Lipinski definition) is 5. The Bertz CT molecular complexity index is 288. The Labute approximate surface area is 104 Å². The molecule has 1 rings (SSSR count). The van der Waals surface area contributed by atoms with Crippen LogP contribution in [0.1, 0.15) is 20.8 Å². The molecular weight excluding hydrogens is 246 g/mol. The lowest BCUT2D eigenvalue weighted by molar-refractivity contribution is -0.144. The number of carbonyl (C=O) groups is 2. The van der Waals surface area contributed by atoms with Crippen LogP contribution in [0, 0.1) is 0 Å². The first-order valence-electron chi connectivity index (χ1n) is 5.00. The number of carbonyl (C=O) groups excluding carboxylic acids is 2. The van der Waals surface area contributed by atoms with Gasteiger partial charge in [-0.2, -0.15) is 0 Å². The molecule has 0 spiro atoms. The third kappa shape index (κ3) is 3.59. The minimum atomic E-state index is -0.419. The van der Waals surface area contributed by atoms with E-state index in [1.54, 1.807) is 16.7 Å². The highest BCUT2D eigenvalue weighted by Gasteiger charge is 2.36. The molecule has 0 N–H and O–H groups in total. The van der Waals surface area contributed by atoms with Gasteiger partial charge in [0.2, 0.25) is 0 Å². The molecule has 0 aromatic rings. The predicted octanol–water partition coefficient (Wildman–Crippen LogP) is 2.19. The Morgan fingerprint density at radius 2 is 2.06 bits per heavy atom. The number of nitrogens with zero attached hydrogens (tertiary/aromatic N) is 1. The molecule has 1 saturated heterocycles. The number of methoxy groups -OCH3 is 1. The van der Waals surface area contributed by atoms with Crippen LogP contribution in [0.25, 0.3) is 0 Å². The highest BCUT2D eigenvalue weighted by Crippen LogP contribution is 2.31. The average molecular weight is 263 g/mol. The number of hydrogen-bond donors (Lipinski definition) is 0. The van der Waals surface area contributed by atoms with Gasteiger partial charge < -0.3 is 9.64 Å². The van der Waals surface area contributed by atoms with Crippen LogP contribution in [0.3, 0.4) is 0 Å². The molecule has 1 aliphatic rings. The first-order valence-corrected chi connectivity index (χ1v) is 6.97. The summed E-state index contributed by atoms with van der Waals surface area (Å²) in [6.07, 6.45) is 0. The molecule has 0 bridgehead atoms. The van der Waals surface area contributed by atoms with Crippen LogP contribution in [0.4, 0.5) is 4.79 Å². The summed E-state index contributed by atoms with van der Waals surface area (Å²) >= 11 is 2.83. The fourth-order valence-corrected chi connectivity index (χ4v) is 3.33. The summed E-state index contributed by atoms with van der Waals surface area (Å²) in [4.78, 5) is 25.0. The zero-order valence-electron chi connectivity index (χ0n) is 9.98. The standard InChI is InChI=1S/C10H17NO3S2/c1-10(2,3)16-9(13)11-6-15-5-7(11)8(12)14-4/h7H,5-6H2,1-4H3/t7-/m0/s1. The first-order chi connectivity index (χ1) is 7.35. The normalized spacial score (nSPS) is 21.0. The Balaban J connectivity index is 2.65. The molecule has 1 aliphatic heterocycles. The van der Waals surface area contributed by atoms with E-state index in [1.807, 2.05) is 20.8 Å². The van der Waals surface area contributed by atoms with E-state index in [0.717, 1.165) is 0 Å². The maximum Gasteiger partial charge on any atom is 0.329 e. The van der Waals surface area contributed by atoms with Gasteiger partial charge in [0.25, 0.3) is 5.24 Å². The molecule has 0 radical (unpaired) electrons. The topological polar surface area (TPSA) is 46.6 Å². The molecule has 0 aliphatic carbocycles. The van der Waals surface area contributed by atoms with Gasteiger partial charge in [0, 0.05) is 10.5 Å². The summed E-state index contributed by atoms with van der Waals surface area (Å²) in [7, 11) is 1.35. The van der Waals surface area contributed by atoms with Crippen LogP contribution in [0.2, 0.25) is 0 Å². The van der Waals surface area contributed by atoms with Crippen LogP contribution >= 0.6 is 23.5 Å². The highest BCUT2D eigenvalue weighted by atomic mass is 32.2. The quantitative estimate of drug-likeness (QED) is 0.679. The predicted molar refractivity (Wildman–Crippen MR) is 67.7 cm³/mol. The second-order valence-corrected chi connectivity index (χ2v) is 7.27. The first kappa shape index (κ1) is 13.7. The average Bonchev–Trinajstić information content (AvgIpc) is 2.62. The maximum absolute atomic E-state index is 12.0. The van der Waals surface area contributed by atoms with Crippen molar-refractivity contribution in [1.29, 1.82) is 0 Å². The van der Waals surface area contributed by atoms with E-state index in [-0.39, 0.29) is 16.0 Å². The van der Waals surface area contributed by atoms with Crippen molar-refractivity contribution in [1.82, 2.24) is 4.90 Å². The molecule has 0 unspecified atom stereocenters. The molecule has 1 fully saturated rings. The summed E-state index contributed by atoms with van der Waals surface area (Å²) in [5, 5.41) is -0.0482. The molecule has 0 saturated carbocycles. The molecule has 1 amide bonds. The van der Waals surface area contributed by atoms with Gasteiger partial charge in [0.15, 0.2) is 0 Å². The lowest BCUT2D eigenvalue weighted by Crippen LogP contribution is -2.41. The van der Waals surface area contributed by atoms with Gasteiger partial charge >= 0.3 is 5.97 Å². The van der Waals surface area contributed by atoms with Gasteiger partial charge in [-0.25, -0.2) is 4.79 Å². The lowest BCUT2D eigenvalue weighted by Gasteiger charge is -2.25. The second-order valence-electron chi connectivity index (χ2n) is 4.49. The molecule has 4 nitrogen and oxygen atoms in total. The SMILES string of the molecule is COC(=O)[C@@H]1CSCN1C(=O)SC(C)(C)C. The molecule has 92 valence electrons.